The minimum Gasteiger partial charge on any atom is -0.422 e. The van der Waals surface area contributed by atoms with Crippen molar-refractivity contribution in [2.45, 2.75) is 25.0 Å². The van der Waals surface area contributed by atoms with Crippen LogP contribution >= 0.6 is 0 Å². The summed E-state index contributed by atoms with van der Waals surface area (Å²) in [4.78, 5) is 0. The summed E-state index contributed by atoms with van der Waals surface area (Å²) in [6.07, 6.45) is 4.73. The second-order valence-electron chi connectivity index (χ2n) is 2.93. The number of allylic oxidation sites excluding steroid dienone is 1. The lowest BCUT2D eigenvalue weighted by Crippen LogP contribution is -2.38. The summed E-state index contributed by atoms with van der Waals surface area (Å²) in [5.41, 5.74) is 0. The van der Waals surface area contributed by atoms with E-state index >= 15 is 0 Å². The van der Waals surface area contributed by atoms with Crippen LogP contribution < -0.4 is 0 Å². The molecule has 0 aliphatic carbocycles. The average molecular weight is 204 g/mol. The minimum atomic E-state index is -0.551. The molecule has 0 fully saturated rings. The van der Waals surface area contributed by atoms with Gasteiger partial charge in [-0.1, -0.05) is 6.08 Å². The zero-order valence-electron chi connectivity index (χ0n) is 8.84. The van der Waals surface area contributed by atoms with Crippen molar-refractivity contribution < 1.29 is 13.9 Å². The molecule has 4 heteroatoms. The third-order valence-corrected chi connectivity index (χ3v) is 2.36. The molecule has 0 bridgehead atoms. The van der Waals surface area contributed by atoms with Gasteiger partial charge in [0.05, 0.1) is 6.61 Å². The van der Waals surface area contributed by atoms with Gasteiger partial charge in [0.15, 0.2) is 5.79 Å². The summed E-state index contributed by atoms with van der Waals surface area (Å²) >= 11 is 0. The van der Waals surface area contributed by atoms with E-state index < -0.39 is 5.79 Å². The van der Waals surface area contributed by atoms with Gasteiger partial charge in [0, 0.05) is 20.6 Å². The van der Waals surface area contributed by atoms with Crippen molar-refractivity contribution in [1.82, 2.24) is 0 Å². The van der Waals surface area contributed by atoms with Crippen LogP contribution in [-0.4, -0.2) is 37.1 Å². The van der Waals surface area contributed by atoms with E-state index in [9.17, 15) is 0 Å². The second kappa shape index (κ2) is 7.26. The smallest absolute Gasteiger partial charge is 0.189 e. The van der Waals surface area contributed by atoms with Gasteiger partial charge in [0.25, 0.3) is 0 Å². The van der Waals surface area contributed by atoms with Gasteiger partial charge < -0.3 is 13.9 Å². The van der Waals surface area contributed by atoms with E-state index in [4.69, 9.17) is 13.9 Å². The van der Waals surface area contributed by atoms with Crippen LogP contribution in [-0.2, 0) is 13.9 Å². The van der Waals surface area contributed by atoms with Crippen LogP contribution in [0.1, 0.15) is 19.3 Å². The Morgan fingerprint density at radius 3 is 2.38 bits per heavy atom. The molecule has 13 heavy (non-hydrogen) atoms. The van der Waals surface area contributed by atoms with E-state index in [1.54, 1.807) is 14.2 Å². The van der Waals surface area contributed by atoms with Gasteiger partial charge in [0.1, 0.15) is 10.5 Å². The Balaban J connectivity index is 3.96. The third kappa shape index (κ3) is 4.57. The number of hydrogen-bond donors (Lipinski definition) is 0. The lowest BCUT2D eigenvalue weighted by Gasteiger charge is -2.30. The normalized spacial score (nSPS) is 11.8. The zero-order valence-corrected chi connectivity index (χ0v) is 10.8. The van der Waals surface area contributed by atoms with Gasteiger partial charge in [-0.2, -0.15) is 0 Å². The fourth-order valence-corrected chi connectivity index (χ4v) is 1.65. The Morgan fingerprint density at radius 1 is 1.38 bits per heavy atom. The molecule has 0 heterocycles. The first kappa shape index (κ1) is 12.8. The molecule has 0 radical (unpaired) electrons. The maximum atomic E-state index is 5.31. The summed E-state index contributed by atoms with van der Waals surface area (Å²) in [7, 11) is 4.01. The predicted molar refractivity (Wildman–Crippen MR) is 56.7 cm³/mol. The Labute approximate surface area is 83.6 Å². The molecule has 0 rings (SSSR count). The Bertz CT molecular complexity index is 135. The highest BCUT2D eigenvalue weighted by Crippen LogP contribution is 2.19. The SMILES string of the molecule is C=CCCCC(CO[SiH3])(OC)OC. The van der Waals surface area contributed by atoms with E-state index in [-0.39, 0.29) is 0 Å². The topological polar surface area (TPSA) is 27.7 Å². The Hall–Kier alpha value is -0.163. The van der Waals surface area contributed by atoms with E-state index in [1.807, 2.05) is 6.08 Å². The molecule has 0 saturated carbocycles. The fraction of sp³-hybridized carbons (Fsp3) is 0.778. The molecule has 0 atom stereocenters. The van der Waals surface area contributed by atoms with Crippen molar-refractivity contribution >= 4 is 10.5 Å². The quantitative estimate of drug-likeness (QED) is 0.251. The molecule has 78 valence electrons. The average Bonchev–Trinajstić information content (AvgIpc) is 2.17. The van der Waals surface area contributed by atoms with Gasteiger partial charge in [-0.15, -0.1) is 6.58 Å². The first-order valence-corrected chi connectivity index (χ1v) is 5.26. The molecular formula is C9H20O3Si. The van der Waals surface area contributed by atoms with Gasteiger partial charge in [-0.25, -0.2) is 0 Å². The number of rotatable bonds is 8. The van der Waals surface area contributed by atoms with Gasteiger partial charge in [0.2, 0.25) is 0 Å². The van der Waals surface area contributed by atoms with Crippen LogP contribution in [0.3, 0.4) is 0 Å². The molecule has 0 aromatic carbocycles. The molecule has 0 aromatic rings. The maximum Gasteiger partial charge on any atom is 0.189 e. The molecule has 0 saturated heterocycles. The molecule has 0 spiro atoms. The molecule has 0 aromatic heterocycles. The van der Waals surface area contributed by atoms with Crippen LogP contribution in [0, 0.1) is 0 Å². The second-order valence-corrected chi connectivity index (χ2v) is 3.51. The van der Waals surface area contributed by atoms with Gasteiger partial charge >= 0.3 is 0 Å². The van der Waals surface area contributed by atoms with Crippen LogP contribution in [0.15, 0.2) is 12.7 Å². The fourth-order valence-electron chi connectivity index (χ4n) is 1.21. The molecule has 0 N–H and O–H groups in total. The lowest BCUT2D eigenvalue weighted by atomic mass is 10.1. The van der Waals surface area contributed by atoms with Crippen molar-refractivity contribution in [1.29, 1.82) is 0 Å². The standard InChI is InChI=1S/C9H20O3Si/c1-4-5-6-7-9(10-2,11-3)8-12-13/h4H,1,5-8H2,2-3,13H3. The highest BCUT2D eigenvalue weighted by Gasteiger charge is 2.28. The molecular weight excluding hydrogens is 184 g/mol. The van der Waals surface area contributed by atoms with Crippen molar-refractivity contribution in [3.05, 3.63) is 12.7 Å². The maximum absolute atomic E-state index is 5.31. The third-order valence-electron chi connectivity index (χ3n) is 2.07. The molecule has 0 amide bonds. The summed E-state index contributed by atoms with van der Waals surface area (Å²) in [5, 5.41) is 0. The highest BCUT2D eigenvalue weighted by molar-refractivity contribution is 5.97. The summed E-state index contributed by atoms with van der Waals surface area (Å²) < 4.78 is 15.8. The summed E-state index contributed by atoms with van der Waals surface area (Å²) in [5.74, 6) is -0.551. The molecule has 0 aliphatic rings. The van der Waals surface area contributed by atoms with Crippen molar-refractivity contribution in [3.8, 4) is 0 Å². The zero-order chi connectivity index (χ0) is 10.2. The first-order valence-electron chi connectivity index (χ1n) is 4.45. The Kier molecular flexibility index (Phi) is 7.17. The monoisotopic (exact) mass is 204 g/mol. The van der Waals surface area contributed by atoms with E-state index in [2.05, 4.69) is 6.58 Å². The van der Waals surface area contributed by atoms with Crippen molar-refractivity contribution in [3.63, 3.8) is 0 Å². The number of ether oxygens (including phenoxy) is 2. The van der Waals surface area contributed by atoms with E-state index in [1.165, 1.54) is 0 Å². The highest BCUT2D eigenvalue weighted by atomic mass is 28.2. The van der Waals surface area contributed by atoms with Gasteiger partial charge in [-0.3, -0.25) is 0 Å². The van der Waals surface area contributed by atoms with Gasteiger partial charge in [-0.05, 0) is 12.8 Å². The van der Waals surface area contributed by atoms with Crippen LogP contribution in [0.25, 0.3) is 0 Å². The predicted octanol–water partition coefficient (Wildman–Crippen LogP) is 0.629. The van der Waals surface area contributed by atoms with Crippen LogP contribution in [0.4, 0.5) is 0 Å². The van der Waals surface area contributed by atoms with Crippen LogP contribution in [0.2, 0.25) is 0 Å². The molecule has 0 aliphatic heterocycles. The molecule has 0 unspecified atom stereocenters. The summed E-state index contributed by atoms with van der Waals surface area (Å²) in [6, 6.07) is 0. The first-order chi connectivity index (χ1) is 6.24. The number of methoxy groups -OCH3 is 2. The molecule has 3 nitrogen and oxygen atoms in total. The van der Waals surface area contributed by atoms with Crippen molar-refractivity contribution in [2.75, 3.05) is 20.8 Å². The van der Waals surface area contributed by atoms with E-state index in [0.717, 1.165) is 19.3 Å². The summed E-state index contributed by atoms with van der Waals surface area (Å²) in [6.45, 7) is 4.19. The number of hydrogen-bond acceptors (Lipinski definition) is 3. The van der Waals surface area contributed by atoms with Crippen molar-refractivity contribution in [2.24, 2.45) is 0 Å². The lowest BCUT2D eigenvalue weighted by molar-refractivity contribution is -0.226. The number of unbranched alkanes of at least 4 members (excludes halogenated alkanes) is 1. The minimum absolute atomic E-state index is 0.517. The van der Waals surface area contributed by atoms with E-state index in [0.29, 0.717) is 17.1 Å². The largest absolute Gasteiger partial charge is 0.422 e. The Morgan fingerprint density at radius 2 is 2.00 bits per heavy atom. The van der Waals surface area contributed by atoms with Crippen LogP contribution in [0.5, 0.6) is 0 Å².